The molecule has 0 saturated carbocycles. The van der Waals surface area contributed by atoms with Gasteiger partial charge in [-0.2, -0.15) is 0 Å². The van der Waals surface area contributed by atoms with Crippen molar-refractivity contribution in [2.45, 2.75) is 24.9 Å². The number of hydrogen-bond donors (Lipinski definition) is 0. The molecule has 2 heteroatoms. The van der Waals surface area contributed by atoms with Crippen LogP contribution in [0.4, 0.5) is 5.69 Å². The highest BCUT2D eigenvalue weighted by molar-refractivity contribution is 5.94. The fraction of sp³-hybridized carbons (Fsp3) is 0.200. The zero-order valence-electron chi connectivity index (χ0n) is 18.2. The lowest BCUT2D eigenvalue weighted by Gasteiger charge is -2.37. The number of fused-ring (bicyclic) bond motifs is 3. The molecule has 6 rings (SSSR count). The first-order valence-electron chi connectivity index (χ1n) is 11.6. The summed E-state index contributed by atoms with van der Waals surface area (Å²) in [5.74, 6) is 0.926. The van der Waals surface area contributed by atoms with E-state index in [9.17, 15) is 0 Å². The zero-order chi connectivity index (χ0) is 21.4. The zero-order valence-corrected chi connectivity index (χ0v) is 18.2. The molecule has 0 radical (unpaired) electrons. The van der Waals surface area contributed by atoms with Crippen LogP contribution in [0.3, 0.4) is 0 Å². The van der Waals surface area contributed by atoms with Gasteiger partial charge in [-0.15, -0.1) is 0 Å². The van der Waals surface area contributed by atoms with Crippen LogP contribution in [-0.2, 0) is 5.60 Å². The quantitative estimate of drug-likeness (QED) is 0.350. The minimum atomic E-state index is -0.642. The molecule has 1 fully saturated rings. The third-order valence-electron chi connectivity index (χ3n) is 6.91. The normalized spacial score (nSPS) is 20.1. The van der Waals surface area contributed by atoms with E-state index < -0.39 is 5.60 Å². The monoisotopic (exact) mass is 417 g/mol. The number of ether oxygens (including phenoxy) is 1. The Hall–Kier alpha value is -3.52. The minimum Gasteiger partial charge on any atom is -0.473 e. The summed E-state index contributed by atoms with van der Waals surface area (Å²) in [5, 5.41) is 2.46. The molecule has 2 heterocycles. The van der Waals surface area contributed by atoms with Crippen molar-refractivity contribution >= 4 is 22.5 Å². The maximum Gasteiger partial charge on any atom is 0.178 e. The van der Waals surface area contributed by atoms with Gasteiger partial charge in [0.25, 0.3) is 0 Å². The Morgan fingerprint density at radius 1 is 0.656 bits per heavy atom. The van der Waals surface area contributed by atoms with Crippen molar-refractivity contribution in [2.24, 2.45) is 0 Å². The van der Waals surface area contributed by atoms with Crippen LogP contribution in [0, 0.1) is 0 Å². The van der Waals surface area contributed by atoms with Crippen LogP contribution in [-0.4, -0.2) is 13.1 Å². The number of piperidine rings is 1. The van der Waals surface area contributed by atoms with Gasteiger partial charge in [0.05, 0.1) is 0 Å². The van der Waals surface area contributed by atoms with Crippen LogP contribution < -0.4 is 9.64 Å². The van der Waals surface area contributed by atoms with Gasteiger partial charge in [-0.3, -0.25) is 0 Å². The Labute approximate surface area is 189 Å². The standard InChI is InChI=1S/C30H27NO/c1-3-10-24(11-4-1)30(25-14-16-26(17-15-25)31-21-7-2-8-22-31)20-19-28-27-12-6-5-9-23(27)13-18-29(28)32-30/h1,3-6,9-20H,2,7-8,21-22H2. The Morgan fingerprint density at radius 2 is 1.38 bits per heavy atom. The molecular formula is C30H27NO. The Balaban J connectivity index is 1.45. The van der Waals surface area contributed by atoms with Crippen LogP contribution in [0.25, 0.3) is 16.8 Å². The molecule has 1 unspecified atom stereocenters. The average molecular weight is 418 g/mol. The number of anilines is 1. The van der Waals surface area contributed by atoms with Gasteiger partial charge in [0.15, 0.2) is 5.60 Å². The van der Waals surface area contributed by atoms with E-state index in [1.54, 1.807) is 0 Å². The molecule has 2 nitrogen and oxygen atoms in total. The van der Waals surface area contributed by atoms with Crippen molar-refractivity contribution in [1.29, 1.82) is 0 Å². The third-order valence-corrected chi connectivity index (χ3v) is 6.91. The highest BCUT2D eigenvalue weighted by Crippen LogP contribution is 2.44. The Kier molecular flexibility index (Phi) is 4.72. The van der Waals surface area contributed by atoms with Gasteiger partial charge < -0.3 is 9.64 Å². The molecule has 0 bridgehead atoms. The second-order valence-corrected chi connectivity index (χ2v) is 8.83. The first-order chi connectivity index (χ1) is 15.8. The highest BCUT2D eigenvalue weighted by Gasteiger charge is 2.37. The molecule has 0 aromatic heterocycles. The molecule has 0 amide bonds. The van der Waals surface area contributed by atoms with Gasteiger partial charge in [0.2, 0.25) is 0 Å². The molecule has 158 valence electrons. The van der Waals surface area contributed by atoms with Crippen molar-refractivity contribution in [3.8, 4) is 5.75 Å². The van der Waals surface area contributed by atoms with Crippen molar-refractivity contribution in [3.05, 3.63) is 114 Å². The van der Waals surface area contributed by atoms with E-state index in [1.807, 2.05) is 0 Å². The Bertz CT molecular complexity index is 1270. The lowest BCUT2D eigenvalue weighted by molar-refractivity contribution is 0.161. The fourth-order valence-corrected chi connectivity index (χ4v) is 5.18. The molecule has 4 aromatic rings. The van der Waals surface area contributed by atoms with Crippen molar-refractivity contribution in [3.63, 3.8) is 0 Å². The molecule has 0 N–H and O–H groups in total. The van der Waals surface area contributed by atoms with E-state index >= 15 is 0 Å². The number of benzene rings is 4. The molecule has 2 aliphatic heterocycles. The predicted octanol–water partition coefficient (Wildman–Crippen LogP) is 7.18. The molecule has 1 atom stereocenters. The van der Waals surface area contributed by atoms with E-state index in [1.165, 1.54) is 35.7 Å². The van der Waals surface area contributed by atoms with Crippen LogP contribution in [0.15, 0.2) is 97.1 Å². The topological polar surface area (TPSA) is 12.5 Å². The van der Waals surface area contributed by atoms with Gasteiger partial charge in [0, 0.05) is 35.5 Å². The summed E-state index contributed by atoms with van der Waals surface area (Å²) in [6.45, 7) is 2.31. The number of nitrogens with zero attached hydrogens (tertiary/aromatic N) is 1. The molecule has 32 heavy (non-hydrogen) atoms. The van der Waals surface area contributed by atoms with Crippen molar-refractivity contribution in [1.82, 2.24) is 0 Å². The molecular weight excluding hydrogens is 390 g/mol. The summed E-state index contributed by atoms with van der Waals surface area (Å²) in [7, 11) is 0. The second-order valence-electron chi connectivity index (χ2n) is 8.83. The maximum atomic E-state index is 6.88. The highest BCUT2D eigenvalue weighted by atomic mass is 16.5. The molecule has 0 aliphatic carbocycles. The molecule has 1 saturated heterocycles. The largest absolute Gasteiger partial charge is 0.473 e. The summed E-state index contributed by atoms with van der Waals surface area (Å²) >= 11 is 0. The smallest absolute Gasteiger partial charge is 0.178 e. The van der Waals surface area contributed by atoms with Gasteiger partial charge in [-0.05, 0) is 60.4 Å². The minimum absolute atomic E-state index is 0.642. The average Bonchev–Trinajstić information content (AvgIpc) is 2.89. The van der Waals surface area contributed by atoms with E-state index in [4.69, 9.17) is 4.74 Å². The molecule has 0 spiro atoms. The van der Waals surface area contributed by atoms with E-state index in [0.717, 1.165) is 35.5 Å². The lowest BCUT2D eigenvalue weighted by atomic mass is 9.83. The van der Waals surface area contributed by atoms with Gasteiger partial charge in [-0.1, -0.05) is 72.8 Å². The van der Waals surface area contributed by atoms with Gasteiger partial charge >= 0.3 is 0 Å². The summed E-state index contributed by atoms with van der Waals surface area (Å²) in [4.78, 5) is 2.50. The number of rotatable bonds is 3. The molecule has 2 aliphatic rings. The van der Waals surface area contributed by atoms with Crippen molar-refractivity contribution < 1.29 is 4.74 Å². The summed E-state index contributed by atoms with van der Waals surface area (Å²) in [6.07, 6.45) is 8.39. The van der Waals surface area contributed by atoms with E-state index in [-0.39, 0.29) is 0 Å². The van der Waals surface area contributed by atoms with Gasteiger partial charge in [0.1, 0.15) is 5.75 Å². The first kappa shape index (κ1) is 19.2. The number of hydrogen-bond acceptors (Lipinski definition) is 2. The van der Waals surface area contributed by atoms with E-state index in [2.05, 4.69) is 108 Å². The molecule has 4 aromatic carbocycles. The van der Waals surface area contributed by atoms with E-state index in [0.29, 0.717) is 0 Å². The Morgan fingerprint density at radius 3 is 2.19 bits per heavy atom. The van der Waals surface area contributed by atoms with Crippen LogP contribution in [0.1, 0.15) is 36.0 Å². The summed E-state index contributed by atoms with van der Waals surface area (Å²) in [6, 6.07) is 32.3. The van der Waals surface area contributed by atoms with Crippen LogP contribution in [0.2, 0.25) is 0 Å². The summed E-state index contributed by atoms with van der Waals surface area (Å²) < 4.78 is 6.88. The SMILES string of the molecule is C1=CC(c2ccccc2)(c2ccc(N3CCCCC3)cc2)Oc2ccc3ccccc3c21. The second kappa shape index (κ2) is 7.87. The van der Waals surface area contributed by atoms with Crippen molar-refractivity contribution in [2.75, 3.05) is 18.0 Å². The van der Waals surface area contributed by atoms with Gasteiger partial charge in [-0.25, -0.2) is 0 Å². The summed E-state index contributed by atoms with van der Waals surface area (Å²) in [5.41, 5.74) is 4.11. The first-order valence-corrected chi connectivity index (χ1v) is 11.6. The maximum absolute atomic E-state index is 6.88. The fourth-order valence-electron chi connectivity index (χ4n) is 5.18. The lowest BCUT2D eigenvalue weighted by Crippen LogP contribution is -2.34. The predicted molar refractivity (Wildman–Crippen MR) is 133 cm³/mol. The van der Waals surface area contributed by atoms with Crippen LogP contribution in [0.5, 0.6) is 5.75 Å². The third kappa shape index (κ3) is 3.18. The van der Waals surface area contributed by atoms with Crippen LogP contribution >= 0.6 is 0 Å².